The average molecular weight is 342 g/mol. The summed E-state index contributed by atoms with van der Waals surface area (Å²) in [6.07, 6.45) is 5.21. The van der Waals surface area contributed by atoms with E-state index in [0.29, 0.717) is 23.5 Å². The summed E-state index contributed by atoms with van der Waals surface area (Å²) in [6, 6.07) is 6.10. The van der Waals surface area contributed by atoms with Gasteiger partial charge in [-0.3, -0.25) is 19.1 Å². The predicted octanol–water partition coefficient (Wildman–Crippen LogP) is 1.70. The van der Waals surface area contributed by atoms with E-state index < -0.39 is 0 Å². The van der Waals surface area contributed by atoms with Crippen molar-refractivity contribution in [2.45, 2.75) is 45.7 Å². The number of nitrogens with zero attached hydrogens (tertiary/aromatic N) is 3. The number of hydrogen-bond acceptors (Lipinski definition) is 4. The Hall–Kier alpha value is -2.21. The summed E-state index contributed by atoms with van der Waals surface area (Å²) in [7, 11) is 0. The molecule has 1 aromatic carbocycles. The van der Waals surface area contributed by atoms with Gasteiger partial charge in [-0.2, -0.15) is 0 Å². The van der Waals surface area contributed by atoms with Crippen molar-refractivity contribution in [3.63, 3.8) is 0 Å². The van der Waals surface area contributed by atoms with Crippen molar-refractivity contribution in [3.05, 3.63) is 40.4 Å². The lowest BCUT2D eigenvalue weighted by molar-refractivity contribution is -0.121. The summed E-state index contributed by atoms with van der Waals surface area (Å²) in [5.41, 5.74) is 1.48. The second-order valence-corrected chi connectivity index (χ2v) is 6.88. The van der Waals surface area contributed by atoms with Crippen LogP contribution in [-0.2, 0) is 11.3 Å². The number of nitrogens with one attached hydrogen (secondary N) is 1. The Morgan fingerprint density at radius 2 is 2.20 bits per heavy atom. The summed E-state index contributed by atoms with van der Waals surface area (Å²) >= 11 is 0. The van der Waals surface area contributed by atoms with Gasteiger partial charge in [0, 0.05) is 19.1 Å². The van der Waals surface area contributed by atoms with Gasteiger partial charge >= 0.3 is 0 Å². The van der Waals surface area contributed by atoms with E-state index in [1.165, 1.54) is 30.2 Å². The van der Waals surface area contributed by atoms with E-state index in [1.807, 2.05) is 19.1 Å². The highest BCUT2D eigenvalue weighted by molar-refractivity contribution is 5.81. The van der Waals surface area contributed by atoms with Crippen molar-refractivity contribution in [2.24, 2.45) is 0 Å². The molecule has 3 rings (SSSR count). The summed E-state index contributed by atoms with van der Waals surface area (Å²) in [4.78, 5) is 31.4. The van der Waals surface area contributed by atoms with Crippen molar-refractivity contribution >= 4 is 16.8 Å². The molecular weight excluding hydrogens is 316 g/mol. The van der Waals surface area contributed by atoms with Crippen molar-refractivity contribution in [1.29, 1.82) is 0 Å². The number of para-hydroxylation sites is 1. The van der Waals surface area contributed by atoms with Gasteiger partial charge < -0.3 is 5.32 Å². The molecule has 25 heavy (non-hydrogen) atoms. The standard InChI is InChI=1S/C19H26N4O2/c1-14-6-5-8-16-18(14)21-13-23(19(16)25)12-17(24)20-9-11-22-10-4-3-7-15(22)2/h5-6,8,13,15H,3-4,7,9-12H2,1-2H3,(H,20,24)/t15-/m1/s1. The first-order chi connectivity index (χ1) is 12.1. The fourth-order valence-corrected chi connectivity index (χ4v) is 3.49. The van der Waals surface area contributed by atoms with Crippen LogP contribution in [-0.4, -0.2) is 46.0 Å². The molecule has 1 aromatic heterocycles. The molecule has 0 radical (unpaired) electrons. The summed E-state index contributed by atoms with van der Waals surface area (Å²) in [5.74, 6) is -0.152. The molecule has 6 nitrogen and oxygen atoms in total. The normalized spacial score (nSPS) is 18.4. The van der Waals surface area contributed by atoms with Gasteiger partial charge in [0.2, 0.25) is 5.91 Å². The molecule has 1 fully saturated rings. The van der Waals surface area contributed by atoms with Crippen LogP contribution in [0, 0.1) is 6.92 Å². The van der Waals surface area contributed by atoms with Gasteiger partial charge in [-0.05, 0) is 44.9 Å². The number of hydrogen-bond donors (Lipinski definition) is 1. The topological polar surface area (TPSA) is 67.2 Å². The highest BCUT2D eigenvalue weighted by Gasteiger charge is 2.17. The zero-order valence-corrected chi connectivity index (χ0v) is 15.0. The number of carbonyl (C=O) groups excluding carboxylic acids is 1. The van der Waals surface area contributed by atoms with Crippen molar-refractivity contribution < 1.29 is 4.79 Å². The second-order valence-electron chi connectivity index (χ2n) is 6.88. The zero-order chi connectivity index (χ0) is 17.8. The van der Waals surface area contributed by atoms with Crippen LogP contribution in [0.3, 0.4) is 0 Å². The Kier molecular flexibility index (Phi) is 5.48. The Labute approximate surface area is 147 Å². The van der Waals surface area contributed by atoms with Gasteiger partial charge in [-0.1, -0.05) is 18.6 Å². The number of benzene rings is 1. The molecule has 1 amide bonds. The second kappa shape index (κ2) is 7.78. The van der Waals surface area contributed by atoms with Crippen molar-refractivity contribution in [3.8, 4) is 0 Å². The van der Waals surface area contributed by atoms with E-state index in [9.17, 15) is 9.59 Å². The maximum Gasteiger partial charge on any atom is 0.261 e. The van der Waals surface area contributed by atoms with E-state index in [0.717, 1.165) is 18.7 Å². The molecule has 0 unspecified atom stereocenters. The number of piperidine rings is 1. The number of fused-ring (bicyclic) bond motifs is 1. The van der Waals surface area contributed by atoms with Gasteiger partial charge in [-0.25, -0.2) is 4.98 Å². The maximum absolute atomic E-state index is 12.5. The molecule has 1 aliphatic heterocycles. The zero-order valence-electron chi connectivity index (χ0n) is 15.0. The molecule has 134 valence electrons. The number of aromatic nitrogens is 2. The third-order valence-corrected chi connectivity index (χ3v) is 5.03. The number of amides is 1. The highest BCUT2D eigenvalue weighted by atomic mass is 16.2. The molecule has 6 heteroatoms. The van der Waals surface area contributed by atoms with Crippen LogP contribution in [0.5, 0.6) is 0 Å². The van der Waals surface area contributed by atoms with Crippen LogP contribution in [0.25, 0.3) is 10.9 Å². The molecule has 1 atom stereocenters. The third kappa shape index (κ3) is 4.07. The predicted molar refractivity (Wildman–Crippen MR) is 98.6 cm³/mol. The minimum atomic E-state index is -0.173. The van der Waals surface area contributed by atoms with Crippen LogP contribution < -0.4 is 10.9 Å². The number of likely N-dealkylation sites (tertiary alicyclic amines) is 1. The number of rotatable bonds is 5. The average Bonchev–Trinajstić information content (AvgIpc) is 2.60. The fraction of sp³-hybridized carbons (Fsp3) is 0.526. The quantitative estimate of drug-likeness (QED) is 0.898. The van der Waals surface area contributed by atoms with Gasteiger partial charge in [0.15, 0.2) is 0 Å². The molecule has 0 bridgehead atoms. The Morgan fingerprint density at radius 3 is 3.00 bits per heavy atom. The number of aryl methyl sites for hydroxylation is 1. The molecule has 1 aliphatic rings. The molecule has 1 N–H and O–H groups in total. The first kappa shape index (κ1) is 17.6. The fourth-order valence-electron chi connectivity index (χ4n) is 3.49. The minimum Gasteiger partial charge on any atom is -0.353 e. The Balaban J connectivity index is 1.59. The van der Waals surface area contributed by atoms with E-state index in [1.54, 1.807) is 6.07 Å². The van der Waals surface area contributed by atoms with Gasteiger partial charge in [0.1, 0.15) is 6.54 Å². The molecule has 2 heterocycles. The lowest BCUT2D eigenvalue weighted by atomic mass is 10.0. The largest absolute Gasteiger partial charge is 0.353 e. The lowest BCUT2D eigenvalue weighted by Crippen LogP contribution is -2.43. The molecule has 2 aromatic rings. The van der Waals surface area contributed by atoms with E-state index in [2.05, 4.69) is 22.1 Å². The third-order valence-electron chi connectivity index (χ3n) is 5.03. The first-order valence-electron chi connectivity index (χ1n) is 9.02. The molecule has 0 saturated carbocycles. The summed E-state index contributed by atoms with van der Waals surface area (Å²) in [5, 5.41) is 3.47. The highest BCUT2D eigenvalue weighted by Crippen LogP contribution is 2.15. The summed E-state index contributed by atoms with van der Waals surface area (Å²) in [6.45, 7) is 6.74. The van der Waals surface area contributed by atoms with Crippen LogP contribution >= 0.6 is 0 Å². The van der Waals surface area contributed by atoms with Gasteiger partial charge in [0.25, 0.3) is 5.56 Å². The Morgan fingerprint density at radius 1 is 1.36 bits per heavy atom. The van der Waals surface area contributed by atoms with E-state index in [4.69, 9.17) is 0 Å². The van der Waals surface area contributed by atoms with Crippen molar-refractivity contribution in [2.75, 3.05) is 19.6 Å². The van der Waals surface area contributed by atoms with Crippen LogP contribution in [0.15, 0.2) is 29.3 Å². The van der Waals surface area contributed by atoms with Crippen LogP contribution in [0.4, 0.5) is 0 Å². The van der Waals surface area contributed by atoms with Crippen LogP contribution in [0.2, 0.25) is 0 Å². The maximum atomic E-state index is 12.5. The van der Waals surface area contributed by atoms with E-state index in [-0.39, 0.29) is 18.0 Å². The van der Waals surface area contributed by atoms with Crippen molar-refractivity contribution in [1.82, 2.24) is 19.8 Å². The molecular formula is C19H26N4O2. The lowest BCUT2D eigenvalue weighted by Gasteiger charge is -2.33. The monoisotopic (exact) mass is 342 g/mol. The van der Waals surface area contributed by atoms with Gasteiger partial charge in [0.05, 0.1) is 17.2 Å². The van der Waals surface area contributed by atoms with E-state index >= 15 is 0 Å². The van der Waals surface area contributed by atoms with Gasteiger partial charge in [-0.15, -0.1) is 0 Å². The smallest absolute Gasteiger partial charge is 0.261 e. The molecule has 0 aliphatic carbocycles. The first-order valence-corrected chi connectivity index (χ1v) is 9.02. The molecule has 0 spiro atoms. The Bertz CT molecular complexity index is 815. The summed E-state index contributed by atoms with van der Waals surface area (Å²) < 4.78 is 1.38. The minimum absolute atomic E-state index is 0.00523. The number of carbonyl (C=O) groups is 1. The SMILES string of the molecule is Cc1cccc2c(=O)n(CC(=O)NCCN3CCCC[C@H]3C)cnc12. The molecule has 1 saturated heterocycles. The van der Waals surface area contributed by atoms with Crippen LogP contribution in [0.1, 0.15) is 31.7 Å².